The van der Waals surface area contributed by atoms with Gasteiger partial charge in [0, 0.05) is 11.8 Å². The summed E-state index contributed by atoms with van der Waals surface area (Å²) in [5.74, 6) is -47.5. The van der Waals surface area contributed by atoms with E-state index in [9.17, 15) is 66.7 Å². The Balaban J connectivity index is 2.00. The standard InChI is InChI=1S/C16H10F14O7S/c17-10(38-37-36-33,9(32)35-6-3-1-4-5(2-3)8(31)34-7(4)6)11(18,19)12(20,21)13(22,23)14(24,25)15(26,27)16(28,29)30/h3-7,33H,1-2H2. The van der Waals surface area contributed by atoms with E-state index in [0.29, 0.717) is 0 Å². The molecule has 0 radical (unpaired) electrons. The predicted octanol–water partition coefficient (Wildman–Crippen LogP) is 4.95. The molecule has 3 aliphatic rings. The maximum Gasteiger partial charge on any atom is 0.460 e. The lowest BCUT2D eigenvalue weighted by Gasteiger charge is -2.42. The molecule has 220 valence electrons. The highest BCUT2D eigenvalue weighted by molar-refractivity contribution is 7.96. The van der Waals surface area contributed by atoms with Gasteiger partial charge in [-0.05, 0) is 12.8 Å². The maximum absolute atomic E-state index is 15.2. The van der Waals surface area contributed by atoms with E-state index in [2.05, 4.69) is 14.1 Å². The molecule has 6 unspecified atom stereocenters. The van der Waals surface area contributed by atoms with E-state index in [0.717, 1.165) is 0 Å². The molecular formula is C16H10F14O7S. The zero-order valence-corrected chi connectivity index (χ0v) is 18.2. The van der Waals surface area contributed by atoms with Crippen LogP contribution in [0.3, 0.4) is 0 Å². The van der Waals surface area contributed by atoms with Gasteiger partial charge in [0.1, 0.15) is 12.2 Å². The Morgan fingerprint density at radius 2 is 1.32 bits per heavy atom. The Kier molecular flexibility index (Phi) is 7.15. The Morgan fingerprint density at radius 3 is 1.82 bits per heavy atom. The summed E-state index contributed by atoms with van der Waals surface area (Å²) in [6.45, 7) is 0. The van der Waals surface area contributed by atoms with E-state index in [-0.39, 0.29) is 12.8 Å². The first kappa shape index (κ1) is 30.7. The average Bonchev–Trinajstić information content (AvgIpc) is 3.41. The first-order chi connectivity index (χ1) is 16.9. The number of ether oxygens (including phenoxy) is 2. The van der Waals surface area contributed by atoms with E-state index in [1.165, 1.54) is 0 Å². The number of carbonyl (C=O) groups excluding carboxylic acids is 2. The third-order valence-electron chi connectivity index (χ3n) is 6.44. The normalized spacial score (nSPS) is 29.9. The molecule has 1 heterocycles. The summed E-state index contributed by atoms with van der Waals surface area (Å²) in [7, 11) is 0. The van der Waals surface area contributed by atoms with Gasteiger partial charge in [-0.15, -0.1) is 4.33 Å². The molecule has 2 bridgehead atoms. The van der Waals surface area contributed by atoms with Gasteiger partial charge < -0.3 is 9.47 Å². The van der Waals surface area contributed by atoms with E-state index in [4.69, 9.17) is 9.99 Å². The number of fused-ring (bicyclic) bond motifs is 1. The Labute approximate surface area is 203 Å². The molecule has 2 saturated carbocycles. The van der Waals surface area contributed by atoms with Crippen LogP contribution < -0.4 is 0 Å². The van der Waals surface area contributed by atoms with Crippen molar-refractivity contribution in [3.63, 3.8) is 0 Å². The summed E-state index contributed by atoms with van der Waals surface area (Å²) in [6.07, 6.45) is -11.3. The molecule has 6 atom stereocenters. The van der Waals surface area contributed by atoms with E-state index < -0.39 is 94.7 Å². The molecule has 0 spiro atoms. The third kappa shape index (κ3) is 3.83. The van der Waals surface area contributed by atoms with Gasteiger partial charge in [0.25, 0.3) is 0 Å². The molecule has 22 heteroatoms. The summed E-state index contributed by atoms with van der Waals surface area (Å²) >= 11 is -2.11. The van der Waals surface area contributed by atoms with Gasteiger partial charge in [-0.3, -0.25) is 4.79 Å². The molecule has 7 nitrogen and oxygen atoms in total. The van der Waals surface area contributed by atoms with E-state index in [1.807, 2.05) is 0 Å². The summed E-state index contributed by atoms with van der Waals surface area (Å²) in [5.41, 5.74) is 0. The van der Waals surface area contributed by atoms with Crippen LogP contribution >= 0.6 is 12.0 Å². The molecule has 1 N–H and O–H groups in total. The largest absolute Gasteiger partial charge is 0.460 e. The number of esters is 2. The molecule has 0 aromatic heterocycles. The lowest BCUT2D eigenvalue weighted by atomic mass is 9.88. The quantitative estimate of drug-likeness (QED) is 0.122. The fraction of sp³-hybridized carbons (Fsp3) is 0.875. The van der Waals surface area contributed by atoms with Gasteiger partial charge in [0.05, 0.1) is 18.0 Å². The smallest absolute Gasteiger partial charge is 0.458 e. The van der Waals surface area contributed by atoms with E-state index >= 15 is 4.39 Å². The van der Waals surface area contributed by atoms with Crippen LogP contribution in [0.1, 0.15) is 12.8 Å². The van der Waals surface area contributed by atoms with Crippen LogP contribution in [0.15, 0.2) is 0 Å². The minimum atomic E-state index is -8.43. The van der Waals surface area contributed by atoms with Gasteiger partial charge in [-0.2, -0.15) is 57.1 Å². The molecule has 3 fully saturated rings. The van der Waals surface area contributed by atoms with Gasteiger partial charge in [-0.1, -0.05) is 5.04 Å². The van der Waals surface area contributed by atoms with Crippen LogP contribution in [0.5, 0.6) is 0 Å². The second-order valence-corrected chi connectivity index (χ2v) is 9.33. The molecule has 0 aromatic carbocycles. The fourth-order valence-corrected chi connectivity index (χ4v) is 4.99. The predicted molar refractivity (Wildman–Crippen MR) is 86.5 cm³/mol. The zero-order chi connectivity index (χ0) is 29.5. The first-order valence-corrected chi connectivity index (χ1v) is 10.4. The number of hydrogen-bond acceptors (Lipinski definition) is 8. The fourth-order valence-electron chi connectivity index (χ4n) is 4.51. The lowest BCUT2D eigenvalue weighted by Crippen LogP contribution is -2.73. The number of carbonyl (C=O) groups is 2. The maximum atomic E-state index is 15.2. The topological polar surface area (TPSA) is 91.3 Å². The molecule has 2 aliphatic carbocycles. The summed E-state index contributed by atoms with van der Waals surface area (Å²) in [6, 6.07) is 0. The molecule has 38 heavy (non-hydrogen) atoms. The van der Waals surface area contributed by atoms with Crippen molar-refractivity contribution < 1.29 is 95.2 Å². The summed E-state index contributed by atoms with van der Waals surface area (Å²) in [4.78, 5) is 23.9. The third-order valence-corrected chi connectivity index (χ3v) is 7.22. The van der Waals surface area contributed by atoms with Crippen LogP contribution in [0.2, 0.25) is 0 Å². The molecule has 0 aromatic rings. The Bertz CT molecular complexity index is 975. The first-order valence-electron chi connectivity index (χ1n) is 9.66. The highest BCUT2D eigenvalue weighted by atomic mass is 32.2. The van der Waals surface area contributed by atoms with Crippen molar-refractivity contribution >= 4 is 24.0 Å². The van der Waals surface area contributed by atoms with Crippen LogP contribution in [-0.4, -0.2) is 70.2 Å². The van der Waals surface area contributed by atoms with Crippen molar-refractivity contribution in [2.45, 2.75) is 65.8 Å². The van der Waals surface area contributed by atoms with Crippen LogP contribution in [0.4, 0.5) is 61.5 Å². The monoisotopic (exact) mass is 612 g/mol. The number of hydrogen-bond donors (Lipinski definition) is 1. The van der Waals surface area contributed by atoms with Crippen LogP contribution in [0, 0.1) is 17.8 Å². The van der Waals surface area contributed by atoms with Crippen molar-refractivity contribution in [3.05, 3.63) is 0 Å². The van der Waals surface area contributed by atoms with Gasteiger partial charge in [0.2, 0.25) is 0 Å². The molecule has 1 saturated heterocycles. The minimum Gasteiger partial charge on any atom is -0.458 e. The van der Waals surface area contributed by atoms with Crippen molar-refractivity contribution in [2.75, 3.05) is 0 Å². The van der Waals surface area contributed by atoms with Crippen LogP contribution in [0.25, 0.3) is 0 Å². The van der Waals surface area contributed by atoms with Gasteiger partial charge in [-0.25, -0.2) is 14.4 Å². The average molecular weight is 612 g/mol. The van der Waals surface area contributed by atoms with Crippen LogP contribution in [-0.2, 0) is 28.4 Å². The highest BCUT2D eigenvalue weighted by Crippen LogP contribution is 2.64. The van der Waals surface area contributed by atoms with Crippen molar-refractivity contribution in [2.24, 2.45) is 17.8 Å². The zero-order valence-electron chi connectivity index (χ0n) is 17.4. The molecular weight excluding hydrogens is 602 g/mol. The number of halogens is 14. The lowest BCUT2D eigenvalue weighted by molar-refractivity contribution is -0.446. The minimum absolute atomic E-state index is 0.0227. The van der Waals surface area contributed by atoms with Crippen molar-refractivity contribution in [1.29, 1.82) is 0 Å². The van der Waals surface area contributed by atoms with Gasteiger partial charge in [0.15, 0.2) is 0 Å². The molecule has 3 rings (SSSR count). The van der Waals surface area contributed by atoms with Crippen molar-refractivity contribution in [1.82, 2.24) is 0 Å². The Morgan fingerprint density at radius 1 is 0.816 bits per heavy atom. The number of rotatable bonds is 10. The summed E-state index contributed by atoms with van der Waals surface area (Å²) in [5, 5.41) is 4.40. The SMILES string of the molecule is O=C1OC2C3CC(CC13)C2OC(=O)C(F)(SOOO)C(F)(F)C(F)(F)C(F)(F)C(F)(F)C(F)(F)C(F)(F)F. The van der Waals surface area contributed by atoms with E-state index in [1.54, 1.807) is 0 Å². The Hall–Kier alpha value is -1.81. The highest BCUT2D eigenvalue weighted by Gasteiger charge is 2.94. The second kappa shape index (κ2) is 8.85. The molecule has 0 amide bonds. The number of alkyl halides is 14. The van der Waals surface area contributed by atoms with Gasteiger partial charge >= 0.3 is 52.7 Å². The molecule has 1 aliphatic heterocycles. The second-order valence-electron chi connectivity index (χ2n) is 8.46. The summed E-state index contributed by atoms with van der Waals surface area (Å²) < 4.78 is 202. The van der Waals surface area contributed by atoms with Crippen molar-refractivity contribution in [3.8, 4) is 0 Å².